The average Bonchev–Trinajstić information content (AvgIpc) is 3.60. The molecule has 0 aliphatic carbocycles. The van der Waals surface area contributed by atoms with Gasteiger partial charge in [0.15, 0.2) is 0 Å². The maximum atomic E-state index is 14.3. The molecular weight excluding hydrogens is 522 g/mol. The number of hydrogen-bond acceptors (Lipinski definition) is 6. The van der Waals surface area contributed by atoms with Crippen molar-refractivity contribution in [1.82, 2.24) is 4.90 Å². The topological polar surface area (TPSA) is 117 Å². The molecule has 3 aliphatic rings. The van der Waals surface area contributed by atoms with Crippen LogP contribution in [0, 0.1) is 31.6 Å². The number of hydrogen-bond donors (Lipinski definition) is 3. The van der Waals surface area contributed by atoms with Gasteiger partial charge in [0.2, 0.25) is 17.7 Å². The van der Waals surface area contributed by atoms with Crippen molar-refractivity contribution < 1.29 is 29.0 Å². The van der Waals surface area contributed by atoms with E-state index < -0.39 is 35.6 Å². The van der Waals surface area contributed by atoms with E-state index >= 15 is 0 Å². The quantitative estimate of drug-likeness (QED) is 0.401. The number of nitrogens with one attached hydrogen (secondary N) is 2. The monoisotopic (exact) mass is 563 g/mol. The van der Waals surface area contributed by atoms with Crippen molar-refractivity contribution in [2.24, 2.45) is 17.8 Å². The Balaban J connectivity index is 1.50. The van der Waals surface area contributed by atoms with Gasteiger partial charge in [0.05, 0.1) is 37.2 Å². The predicted octanol–water partition coefficient (Wildman–Crippen LogP) is 4.06. The number of ether oxygens (including phenoxy) is 2. The van der Waals surface area contributed by atoms with Gasteiger partial charge in [-0.05, 0) is 74.9 Å². The molecule has 2 bridgehead atoms. The lowest BCUT2D eigenvalue weighted by Crippen LogP contribution is -2.57. The van der Waals surface area contributed by atoms with Crippen molar-refractivity contribution in [3.05, 3.63) is 53.6 Å². The number of amides is 3. The van der Waals surface area contributed by atoms with Crippen molar-refractivity contribution >= 4 is 29.1 Å². The van der Waals surface area contributed by atoms with Crippen LogP contribution in [0.25, 0.3) is 0 Å². The van der Waals surface area contributed by atoms with Crippen molar-refractivity contribution in [1.29, 1.82) is 0 Å². The first-order valence-corrected chi connectivity index (χ1v) is 14.7. The molecule has 5 rings (SSSR count). The predicted molar refractivity (Wildman–Crippen MR) is 156 cm³/mol. The number of carbonyl (C=O) groups excluding carboxylic acids is 3. The van der Waals surface area contributed by atoms with Gasteiger partial charge in [-0.25, -0.2) is 0 Å². The zero-order valence-electron chi connectivity index (χ0n) is 24.5. The third-order valence-electron chi connectivity index (χ3n) is 9.30. The Bertz CT molecular complexity index is 1290. The first-order valence-electron chi connectivity index (χ1n) is 14.7. The summed E-state index contributed by atoms with van der Waals surface area (Å²) >= 11 is 0. The molecule has 3 aliphatic heterocycles. The van der Waals surface area contributed by atoms with E-state index in [1.807, 2.05) is 52.8 Å². The highest BCUT2D eigenvalue weighted by Gasteiger charge is 2.75. The fourth-order valence-electron chi connectivity index (χ4n) is 7.09. The number of carbonyl (C=O) groups is 3. The molecule has 0 aromatic heterocycles. The summed E-state index contributed by atoms with van der Waals surface area (Å²) in [6.45, 7) is 9.97. The number of likely N-dealkylation sites (tertiary alicyclic amines) is 1. The van der Waals surface area contributed by atoms with Crippen LogP contribution in [0.3, 0.4) is 0 Å². The smallest absolute Gasteiger partial charge is 0.250 e. The lowest BCUT2D eigenvalue weighted by Gasteiger charge is -2.39. The van der Waals surface area contributed by atoms with Crippen LogP contribution in [0.4, 0.5) is 11.4 Å². The standard InChI is InChI=1S/C32H41N3O6/c1-6-18(3)23(17-36)35-28(30(38)34-27-19(4)9-8-10-20(27)5)32-16-15-24(41-32)25(26(32)31(35)39)29(37)33-21-11-13-22(14-12-21)40-7-2/h8-14,18,23-26,28,36H,6-7,15-17H2,1-5H3,(H,33,37)(H,34,38)/t18-,23-,24-,25+,26-,28?,32?/m0/s1. The van der Waals surface area contributed by atoms with E-state index in [1.165, 1.54) is 0 Å². The third kappa shape index (κ3) is 4.89. The molecule has 41 heavy (non-hydrogen) atoms. The van der Waals surface area contributed by atoms with Gasteiger partial charge in [-0.2, -0.15) is 0 Å². The molecule has 3 fully saturated rings. The summed E-state index contributed by atoms with van der Waals surface area (Å²) in [7, 11) is 0. The Morgan fingerprint density at radius 1 is 1.10 bits per heavy atom. The average molecular weight is 564 g/mol. The number of anilines is 2. The second-order valence-corrected chi connectivity index (χ2v) is 11.6. The van der Waals surface area contributed by atoms with Crippen LogP contribution < -0.4 is 15.4 Å². The molecule has 1 spiro atoms. The molecule has 0 saturated carbocycles. The molecule has 9 heteroatoms. The van der Waals surface area contributed by atoms with Crippen LogP contribution in [0.5, 0.6) is 5.75 Å². The Kier molecular flexibility index (Phi) is 8.12. The molecule has 3 heterocycles. The summed E-state index contributed by atoms with van der Waals surface area (Å²) < 4.78 is 12.1. The molecule has 3 N–H and O–H groups in total. The minimum Gasteiger partial charge on any atom is -0.494 e. The second-order valence-electron chi connectivity index (χ2n) is 11.6. The van der Waals surface area contributed by atoms with Crippen molar-refractivity contribution in [2.45, 2.75) is 77.7 Å². The van der Waals surface area contributed by atoms with E-state index in [9.17, 15) is 19.5 Å². The van der Waals surface area contributed by atoms with E-state index in [0.717, 1.165) is 11.1 Å². The van der Waals surface area contributed by atoms with Gasteiger partial charge in [0, 0.05) is 11.4 Å². The minimum absolute atomic E-state index is 0.0667. The van der Waals surface area contributed by atoms with Crippen LogP contribution in [0.15, 0.2) is 42.5 Å². The van der Waals surface area contributed by atoms with Gasteiger partial charge >= 0.3 is 0 Å². The van der Waals surface area contributed by atoms with E-state index in [1.54, 1.807) is 29.2 Å². The fourth-order valence-corrected chi connectivity index (χ4v) is 7.09. The Labute approximate surface area is 241 Å². The summed E-state index contributed by atoms with van der Waals surface area (Å²) in [6.07, 6.45) is 1.30. The van der Waals surface area contributed by atoms with Gasteiger partial charge in [0.1, 0.15) is 17.4 Å². The van der Waals surface area contributed by atoms with Crippen LogP contribution in [-0.4, -0.2) is 64.7 Å². The second kappa shape index (κ2) is 11.4. The molecule has 7 atom stereocenters. The van der Waals surface area contributed by atoms with Gasteiger partial charge in [-0.1, -0.05) is 38.5 Å². The van der Waals surface area contributed by atoms with Crippen LogP contribution >= 0.6 is 0 Å². The molecule has 3 saturated heterocycles. The number of nitrogens with zero attached hydrogens (tertiary/aromatic N) is 1. The highest BCUT2D eigenvalue weighted by atomic mass is 16.5. The maximum absolute atomic E-state index is 14.3. The Hall–Kier alpha value is -3.43. The zero-order chi connectivity index (χ0) is 29.5. The zero-order valence-corrected chi connectivity index (χ0v) is 24.5. The highest BCUT2D eigenvalue weighted by molar-refractivity contribution is 6.05. The number of aryl methyl sites for hydroxylation is 2. The maximum Gasteiger partial charge on any atom is 0.250 e. The molecule has 9 nitrogen and oxygen atoms in total. The highest BCUT2D eigenvalue weighted by Crippen LogP contribution is 2.59. The van der Waals surface area contributed by atoms with E-state index in [-0.39, 0.29) is 30.2 Å². The van der Waals surface area contributed by atoms with Crippen LogP contribution in [0.1, 0.15) is 51.2 Å². The molecule has 0 radical (unpaired) electrons. The van der Waals surface area contributed by atoms with Gasteiger partial charge in [-0.15, -0.1) is 0 Å². The molecule has 3 amide bonds. The van der Waals surface area contributed by atoms with E-state index in [4.69, 9.17) is 9.47 Å². The number of para-hydroxylation sites is 1. The number of fused-ring (bicyclic) bond motifs is 1. The summed E-state index contributed by atoms with van der Waals surface area (Å²) in [5.41, 5.74) is 1.96. The summed E-state index contributed by atoms with van der Waals surface area (Å²) in [4.78, 5) is 43.8. The lowest BCUT2D eigenvalue weighted by atomic mass is 9.70. The van der Waals surface area contributed by atoms with Crippen molar-refractivity contribution in [2.75, 3.05) is 23.8 Å². The van der Waals surface area contributed by atoms with Gasteiger partial charge in [-0.3, -0.25) is 14.4 Å². The third-order valence-corrected chi connectivity index (χ3v) is 9.30. The van der Waals surface area contributed by atoms with Gasteiger partial charge in [0.25, 0.3) is 0 Å². The molecule has 2 aromatic rings. The van der Waals surface area contributed by atoms with E-state index in [2.05, 4.69) is 10.6 Å². The Morgan fingerprint density at radius 3 is 2.39 bits per heavy atom. The van der Waals surface area contributed by atoms with Crippen molar-refractivity contribution in [3.63, 3.8) is 0 Å². The first-order chi connectivity index (χ1) is 19.7. The summed E-state index contributed by atoms with van der Waals surface area (Å²) in [6, 6.07) is 11.3. The summed E-state index contributed by atoms with van der Waals surface area (Å²) in [5, 5.41) is 16.5. The van der Waals surface area contributed by atoms with Crippen molar-refractivity contribution in [3.8, 4) is 5.75 Å². The van der Waals surface area contributed by atoms with Crippen LogP contribution in [0.2, 0.25) is 0 Å². The molecular formula is C32H41N3O6. The number of aliphatic hydroxyl groups is 1. The SMILES string of the molecule is CCOc1ccc(NC(=O)[C@@H]2[C@@H]3CCC4(O3)C(C(=O)Nc3c(C)cccc3C)N([C@@H](CO)[C@@H](C)CC)C(=O)[C@H]24)cc1. The Morgan fingerprint density at radius 2 is 1.78 bits per heavy atom. The lowest BCUT2D eigenvalue weighted by molar-refractivity contribution is -0.144. The van der Waals surface area contributed by atoms with E-state index in [0.29, 0.717) is 43.0 Å². The normalized spacial score (nSPS) is 27.9. The number of aliphatic hydroxyl groups excluding tert-OH is 1. The molecule has 2 aromatic carbocycles. The largest absolute Gasteiger partial charge is 0.494 e. The summed E-state index contributed by atoms with van der Waals surface area (Å²) in [5.74, 6) is -1.90. The van der Waals surface area contributed by atoms with Gasteiger partial charge < -0.3 is 30.1 Å². The fraction of sp³-hybridized carbons (Fsp3) is 0.531. The first kappa shape index (κ1) is 29.1. The van der Waals surface area contributed by atoms with Crippen LogP contribution in [-0.2, 0) is 19.1 Å². The molecule has 2 unspecified atom stereocenters. The minimum atomic E-state index is -1.15. The molecule has 220 valence electrons. The number of rotatable bonds is 10. The number of benzene rings is 2.